The minimum atomic E-state index is -3.92. The van der Waals surface area contributed by atoms with Gasteiger partial charge in [0.1, 0.15) is 4.90 Å². The lowest BCUT2D eigenvalue weighted by molar-refractivity contribution is 0.179. The fraction of sp³-hybridized carbons (Fsp3) is 0.455. The maximum Gasteiger partial charge on any atom is 0.248 e. The lowest BCUT2D eigenvalue weighted by Gasteiger charge is -2.20. The van der Waals surface area contributed by atoms with Crippen molar-refractivity contribution < 1.29 is 13.2 Å². The van der Waals surface area contributed by atoms with Crippen LogP contribution in [0.15, 0.2) is 28.2 Å². The molecule has 1 heterocycles. The maximum atomic E-state index is 12.3. The van der Waals surface area contributed by atoms with Gasteiger partial charge in [0.15, 0.2) is 0 Å². The van der Waals surface area contributed by atoms with Gasteiger partial charge in [0.2, 0.25) is 15.5 Å². The molecule has 0 aromatic carbocycles. The zero-order valence-electron chi connectivity index (χ0n) is 10.5. The average Bonchev–Trinajstić information content (AvgIpc) is 2.39. The smallest absolute Gasteiger partial charge is 0.248 e. The highest BCUT2D eigenvalue weighted by Gasteiger charge is 2.26. The number of aromatic amines is 1. The molecule has 0 aliphatic heterocycles. The molecule has 1 N–H and O–H groups in total. The Morgan fingerprint density at radius 1 is 1.47 bits per heavy atom. The molecular weight excluding hydrogens is 270 g/mol. The summed E-state index contributed by atoms with van der Waals surface area (Å²) in [6.45, 7) is 0.306. The van der Waals surface area contributed by atoms with Crippen molar-refractivity contribution in [2.75, 3.05) is 26.8 Å². The van der Waals surface area contributed by atoms with Crippen LogP contribution in [0.2, 0.25) is 0 Å². The Labute approximate surface area is 111 Å². The highest BCUT2D eigenvalue weighted by atomic mass is 32.2. The van der Waals surface area contributed by atoms with Crippen LogP contribution in [0, 0.1) is 11.3 Å². The number of pyridine rings is 1. The molecule has 0 saturated heterocycles. The van der Waals surface area contributed by atoms with Crippen molar-refractivity contribution in [3.8, 4) is 6.07 Å². The second-order valence-corrected chi connectivity index (χ2v) is 5.58. The van der Waals surface area contributed by atoms with Crippen LogP contribution < -0.4 is 5.43 Å². The molecule has 1 aromatic rings. The Bertz CT molecular complexity index is 603. The summed E-state index contributed by atoms with van der Waals surface area (Å²) in [5.74, 6) is 0. The molecule has 0 saturated carbocycles. The Balaban J connectivity index is 3.09. The van der Waals surface area contributed by atoms with Gasteiger partial charge in [-0.3, -0.25) is 4.79 Å². The summed E-state index contributed by atoms with van der Waals surface area (Å²) >= 11 is 0. The predicted molar refractivity (Wildman–Crippen MR) is 67.9 cm³/mol. The van der Waals surface area contributed by atoms with Gasteiger partial charge in [-0.25, -0.2) is 8.42 Å². The highest BCUT2D eigenvalue weighted by molar-refractivity contribution is 7.89. The number of ether oxygens (including phenoxy) is 1. The number of sulfonamides is 1. The molecule has 19 heavy (non-hydrogen) atoms. The largest absolute Gasteiger partial charge is 0.383 e. The number of nitrogens with one attached hydrogen (secondary N) is 1. The first-order chi connectivity index (χ1) is 9.04. The number of nitriles is 1. The molecule has 0 unspecified atom stereocenters. The van der Waals surface area contributed by atoms with Crippen LogP contribution >= 0.6 is 0 Å². The molecule has 0 fully saturated rings. The topological polar surface area (TPSA) is 103 Å². The molecule has 0 aliphatic rings. The zero-order valence-corrected chi connectivity index (χ0v) is 11.3. The summed E-state index contributed by atoms with van der Waals surface area (Å²) in [6.07, 6.45) is 2.55. The molecule has 0 aliphatic carbocycles. The van der Waals surface area contributed by atoms with Crippen LogP contribution in [0.5, 0.6) is 0 Å². The van der Waals surface area contributed by atoms with E-state index >= 15 is 0 Å². The summed E-state index contributed by atoms with van der Waals surface area (Å²) in [5, 5.41) is 8.56. The number of methoxy groups -OCH3 is 1. The van der Waals surface area contributed by atoms with Crippen LogP contribution in [0.25, 0.3) is 0 Å². The lowest BCUT2D eigenvalue weighted by Crippen LogP contribution is -2.37. The fourth-order valence-corrected chi connectivity index (χ4v) is 2.93. The van der Waals surface area contributed by atoms with E-state index in [1.54, 1.807) is 0 Å². The van der Waals surface area contributed by atoms with Crippen LogP contribution in [0.1, 0.15) is 6.42 Å². The van der Waals surface area contributed by atoms with Crippen LogP contribution in [-0.2, 0) is 14.8 Å². The van der Waals surface area contributed by atoms with E-state index in [2.05, 4.69) is 4.98 Å². The molecule has 0 amide bonds. The van der Waals surface area contributed by atoms with E-state index in [1.807, 2.05) is 6.07 Å². The number of hydrogen-bond acceptors (Lipinski definition) is 5. The number of aromatic nitrogens is 1. The third-order valence-electron chi connectivity index (χ3n) is 2.42. The Morgan fingerprint density at radius 3 is 2.79 bits per heavy atom. The molecule has 0 radical (unpaired) electrons. The van der Waals surface area contributed by atoms with E-state index in [0.29, 0.717) is 0 Å². The highest BCUT2D eigenvalue weighted by Crippen LogP contribution is 2.11. The minimum Gasteiger partial charge on any atom is -0.383 e. The van der Waals surface area contributed by atoms with Gasteiger partial charge in [-0.2, -0.15) is 9.57 Å². The molecular formula is C11H15N3O4S. The van der Waals surface area contributed by atoms with Gasteiger partial charge in [-0.05, 0) is 0 Å². The summed E-state index contributed by atoms with van der Waals surface area (Å²) in [7, 11) is -2.47. The second-order valence-electron chi connectivity index (χ2n) is 3.68. The van der Waals surface area contributed by atoms with Crippen molar-refractivity contribution in [1.82, 2.24) is 9.29 Å². The Hall–Kier alpha value is -1.69. The maximum absolute atomic E-state index is 12.3. The first-order valence-corrected chi connectivity index (χ1v) is 7.01. The standard InChI is InChI=1S/C11H15N3O4S/c1-18-8-7-14(6-2-4-12)19(16,17)11-9-13-5-3-10(11)15/h3,5,9H,2,6-8H2,1H3,(H,13,15). The normalized spacial score (nSPS) is 11.4. The zero-order chi connectivity index (χ0) is 14.3. The number of H-pyrrole nitrogens is 1. The van der Waals surface area contributed by atoms with Gasteiger partial charge in [-0.15, -0.1) is 0 Å². The van der Waals surface area contributed by atoms with E-state index < -0.39 is 15.5 Å². The molecule has 8 heteroatoms. The van der Waals surface area contributed by atoms with Crippen LogP contribution in [-0.4, -0.2) is 44.5 Å². The average molecular weight is 285 g/mol. The van der Waals surface area contributed by atoms with Crippen LogP contribution in [0.3, 0.4) is 0 Å². The van der Waals surface area contributed by atoms with E-state index in [9.17, 15) is 13.2 Å². The Kier molecular flexibility index (Phi) is 5.69. The van der Waals surface area contributed by atoms with Gasteiger partial charge >= 0.3 is 0 Å². The van der Waals surface area contributed by atoms with Gasteiger partial charge in [0, 0.05) is 45.1 Å². The van der Waals surface area contributed by atoms with Crippen molar-refractivity contribution in [2.45, 2.75) is 11.3 Å². The van der Waals surface area contributed by atoms with Crippen LogP contribution in [0.4, 0.5) is 0 Å². The molecule has 0 bridgehead atoms. The van der Waals surface area contributed by atoms with Gasteiger partial charge < -0.3 is 9.72 Å². The summed E-state index contributed by atoms with van der Waals surface area (Å²) in [5.41, 5.74) is -0.585. The van der Waals surface area contributed by atoms with Gasteiger partial charge in [0.05, 0.1) is 12.7 Å². The first kappa shape index (κ1) is 15.4. The Morgan fingerprint density at radius 2 is 2.21 bits per heavy atom. The number of rotatable bonds is 7. The minimum absolute atomic E-state index is 0.0243. The molecule has 0 spiro atoms. The number of nitrogens with zero attached hydrogens (tertiary/aromatic N) is 2. The van der Waals surface area contributed by atoms with E-state index in [1.165, 1.54) is 13.3 Å². The SMILES string of the molecule is COCCN(CCC#N)S(=O)(=O)c1c[nH]ccc1=O. The second kappa shape index (κ2) is 7.04. The molecule has 1 rings (SSSR count). The van der Waals surface area contributed by atoms with Crippen molar-refractivity contribution in [1.29, 1.82) is 5.26 Å². The van der Waals surface area contributed by atoms with Crippen molar-refractivity contribution in [3.63, 3.8) is 0 Å². The molecule has 104 valence electrons. The quantitative estimate of drug-likeness (QED) is 0.755. The predicted octanol–water partition coefficient (Wildman–Crippen LogP) is -0.0743. The van der Waals surface area contributed by atoms with Gasteiger partial charge in [-0.1, -0.05) is 0 Å². The lowest BCUT2D eigenvalue weighted by atomic mass is 10.4. The third-order valence-corrected chi connectivity index (χ3v) is 4.34. The molecule has 1 aromatic heterocycles. The third kappa shape index (κ3) is 3.89. The van der Waals surface area contributed by atoms with Crippen molar-refractivity contribution in [3.05, 3.63) is 28.7 Å². The van der Waals surface area contributed by atoms with Crippen molar-refractivity contribution in [2.24, 2.45) is 0 Å². The molecule has 0 atom stereocenters. The summed E-state index contributed by atoms with van der Waals surface area (Å²) < 4.78 is 30.5. The first-order valence-electron chi connectivity index (χ1n) is 5.57. The van der Waals surface area contributed by atoms with E-state index in [-0.39, 0.29) is 31.0 Å². The number of hydrogen-bond donors (Lipinski definition) is 1. The van der Waals surface area contributed by atoms with E-state index in [4.69, 9.17) is 10.00 Å². The fourth-order valence-electron chi connectivity index (χ4n) is 1.46. The van der Waals surface area contributed by atoms with Gasteiger partial charge in [0.25, 0.3) is 0 Å². The van der Waals surface area contributed by atoms with E-state index in [0.717, 1.165) is 16.6 Å². The summed E-state index contributed by atoms with van der Waals surface area (Å²) in [6, 6.07) is 3.02. The van der Waals surface area contributed by atoms with Crippen molar-refractivity contribution >= 4 is 10.0 Å². The summed E-state index contributed by atoms with van der Waals surface area (Å²) in [4.78, 5) is 13.8. The monoisotopic (exact) mass is 285 g/mol. The molecule has 7 nitrogen and oxygen atoms in total.